The molecule has 0 aliphatic rings. The summed E-state index contributed by atoms with van der Waals surface area (Å²) >= 11 is 0. The van der Waals surface area contributed by atoms with E-state index in [1.807, 2.05) is 36.4 Å². The van der Waals surface area contributed by atoms with Crippen LogP contribution in [0.3, 0.4) is 0 Å². The molecule has 2 aromatic rings. The largest absolute Gasteiger partial charge is 0.508 e. The van der Waals surface area contributed by atoms with Crippen molar-refractivity contribution in [3.63, 3.8) is 0 Å². The van der Waals surface area contributed by atoms with Gasteiger partial charge in [0.15, 0.2) is 0 Å². The zero-order valence-electron chi connectivity index (χ0n) is 18.0. The lowest BCUT2D eigenvalue weighted by Crippen LogP contribution is -2.23. The van der Waals surface area contributed by atoms with Gasteiger partial charge in [0, 0.05) is 12.5 Å². The molecule has 1 N–H and O–H groups in total. The lowest BCUT2D eigenvalue weighted by molar-refractivity contribution is -0.158. The summed E-state index contributed by atoms with van der Waals surface area (Å²) in [5, 5.41) is 9.42. The quantitative estimate of drug-likeness (QED) is 0.157. The molecule has 0 amide bonds. The van der Waals surface area contributed by atoms with E-state index in [2.05, 4.69) is 13.5 Å². The number of phenols is 1. The highest BCUT2D eigenvalue weighted by Gasteiger charge is 2.14. The van der Waals surface area contributed by atoms with Crippen LogP contribution in [0.15, 0.2) is 61.2 Å². The fraction of sp³-hybridized carbons (Fsp3) is 0.423. The Labute approximate surface area is 180 Å². The first-order chi connectivity index (χ1) is 14.6. The van der Waals surface area contributed by atoms with Crippen LogP contribution < -0.4 is 4.74 Å². The molecular weight excluding hydrogens is 376 g/mol. The van der Waals surface area contributed by atoms with Crippen molar-refractivity contribution in [2.45, 2.75) is 71.0 Å². The van der Waals surface area contributed by atoms with Gasteiger partial charge in [0.1, 0.15) is 11.5 Å². The van der Waals surface area contributed by atoms with Crippen molar-refractivity contribution in [3.8, 4) is 22.6 Å². The normalized spacial score (nSPS) is 11.6. The van der Waals surface area contributed by atoms with Crippen LogP contribution in [-0.2, 0) is 9.53 Å². The van der Waals surface area contributed by atoms with E-state index in [0.717, 1.165) is 30.0 Å². The Bertz CT molecular complexity index is 750. The minimum Gasteiger partial charge on any atom is -0.508 e. The van der Waals surface area contributed by atoms with Gasteiger partial charge in [0.05, 0.1) is 0 Å². The minimum atomic E-state index is -0.616. The maximum absolute atomic E-state index is 11.7. The topological polar surface area (TPSA) is 55.8 Å². The van der Waals surface area contributed by atoms with Crippen molar-refractivity contribution in [3.05, 3.63) is 61.2 Å². The van der Waals surface area contributed by atoms with Crippen LogP contribution in [-0.4, -0.2) is 17.4 Å². The van der Waals surface area contributed by atoms with Crippen LogP contribution in [0.2, 0.25) is 0 Å². The third-order valence-corrected chi connectivity index (χ3v) is 5.03. The van der Waals surface area contributed by atoms with Gasteiger partial charge in [-0.25, -0.2) is 4.79 Å². The fourth-order valence-corrected chi connectivity index (χ4v) is 3.30. The van der Waals surface area contributed by atoms with E-state index >= 15 is 0 Å². The summed E-state index contributed by atoms with van der Waals surface area (Å²) in [5.41, 5.74) is 2.03. The predicted octanol–water partition coefficient (Wildman–Crippen LogP) is 7.02. The Hall–Kier alpha value is -2.75. The van der Waals surface area contributed by atoms with Crippen LogP contribution in [0.5, 0.6) is 11.5 Å². The average Bonchev–Trinajstić information content (AvgIpc) is 2.76. The Morgan fingerprint density at radius 1 is 0.900 bits per heavy atom. The molecule has 4 nitrogen and oxygen atoms in total. The van der Waals surface area contributed by atoms with Gasteiger partial charge in [-0.3, -0.25) is 0 Å². The van der Waals surface area contributed by atoms with Crippen molar-refractivity contribution < 1.29 is 19.4 Å². The molecule has 30 heavy (non-hydrogen) atoms. The van der Waals surface area contributed by atoms with Crippen LogP contribution >= 0.6 is 0 Å². The molecule has 0 aliphatic carbocycles. The predicted molar refractivity (Wildman–Crippen MR) is 121 cm³/mol. The van der Waals surface area contributed by atoms with E-state index in [1.54, 1.807) is 12.1 Å². The van der Waals surface area contributed by atoms with Gasteiger partial charge in [-0.2, -0.15) is 0 Å². The second-order valence-electron chi connectivity index (χ2n) is 7.52. The molecule has 1 unspecified atom stereocenters. The maximum Gasteiger partial charge on any atom is 0.333 e. The van der Waals surface area contributed by atoms with E-state index in [1.165, 1.54) is 38.5 Å². The summed E-state index contributed by atoms with van der Waals surface area (Å²) in [6.45, 7) is 5.70. The molecule has 0 fully saturated rings. The molecule has 2 rings (SSSR count). The maximum atomic E-state index is 11.7. The van der Waals surface area contributed by atoms with Gasteiger partial charge < -0.3 is 14.6 Å². The fourth-order valence-electron chi connectivity index (χ4n) is 3.30. The van der Waals surface area contributed by atoms with E-state index in [0.29, 0.717) is 12.2 Å². The number of esters is 1. The summed E-state index contributed by atoms with van der Waals surface area (Å²) in [6, 6.07) is 14.7. The van der Waals surface area contributed by atoms with Crippen LogP contribution in [0, 0.1) is 0 Å². The molecule has 162 valence electrons. The highest BCUT2D eigenvalue weighted by molar-refractivity contribution is 5.81. The smallest absolute Gasteiger partial charge is 0.333 e. The van der Waals surface area contributed by atoms with Gasteiger partial charge in [-0.15, -0.1) is 0 Å². The van der Waals surface area contributed by atoms with E-state index in [-0.39, 0.29) is 5.75 Å². The Morgan fingerprint density at radius 2 is 1.43 bits per heavy atom. The second kappa shape index (κ2) is 13.5. The lowest BCUT2D eigenvalue weighted by Gasteiger charge is -2.19. The summed E-state index contributed by atoms with van der Waals surface area (Å²) in [7, 11) is 0. The highest BCUT2D eigenvalue weighted by atomic mass is 16.7. The zero-order chi connectivity index (χ0) is 21.6. The monoisotopic (exact) mass is 410 g/mol. The van der Waals surface area contributed by atoms with Gasteiger partial charge in [0.2, 0.25) is 6.29 Å². The molecule has 0 aromatic heterocycles. The first-order valence-corrected chi connectivity index (χ1v) is 11.0. The molecule has 0 aliphatic heterocycles. The number of hydrogen-bond acceptors (Lipinski definition) is 4. The summed E-state index contributed by atoms with van der Waals surface area (Å²) < 4.78 is 11.3. The number of hydrogen-bond donors (Lipinski definition) is 1. The van der Waals surface area contributed by atoms with Gasteiger partial charge in [0.25, 0.3) is 0 Å². The van der Waals surface area contributed by atoms with E-state index in [4.69, 9.17) is 9.47 Å². The SMILES string of the molecule is C=CC(=O)OC(CCCCCCCCCC)Oc1ccc(-c2ccc(O)cc2)cc1. The zero-order valence-corrected chi connectivity index (χ0v) is 18.0. The molecule has 0 heterocycles. The summed E-state index contributed by atoms with van der Waals surface area (Å²) in [4.78, 5) is 11.7. The van der Waals surface area contributed by atoms with Crippen LogP contribution in [0.25, 0.3) is 11.1 Å². The number of ether oxygens (including phenoxy) is 2. The summed E-state index contributed by atoms with van der Waals surface area (Å²) in [6.07, 6.45) is 10.9. The Balaban J connectivity index is 1.84. The molecule has 1 atom stereocenters. The van der Waals surface area contributed by atoms with Crippen molar-refractivity contribution >= 4 is 5.97 Å². The number of carbonyl (C=O) groups is 1. The number of carbonyl (C=O) groups excluding carboxylic acids is 1. The van der Waals surface area contributed by atoms with Gasteiger partial charge in [-0.05, 0) is 41.8 Å². The van der Waals surface area contributed by atoms with Crippen molar-refractivity contribution in [2.24, 2.45) is 0 Å². The lowest BCUT2D eigenvalue weighted by atomic mass is 10.1. The molecule has 2 aromatic carbocycles. The molecule has 0 spiro atoms. The number of rotatable bonds is 14. The van der Waals surface area contributed by atoms with Crippen molar-refractivity contribution in [1.29, 1.82) is 0 Å². The molecule has 0 saturated heterocycles. The van der Waals surface area contributed by atoms with Crippen LogP contribution in [0.1, 0.15) is 64.7 Å². The third-order valence-electron chi connectivity index (χ3n) is 5.03. The Kier molecular flexibility index (Phi) is 10.6. The van der Waals surface area contributed by atoms with E-state index < -0.39 is 12.3 Å². The average molecular weight is 411 g/mol. The molecule has 0 radical (unpaired) electrons. The van der Waals surface area contributed by atoms with Gasteiger partial charge >= 0.3 is 5.97 Å². The molecule has 0 saturated carbocycles. The number of benzene rings is 2. The second-order valence-corrected chi connectivity index (χ2v) is 7.52. The molecular formula is C26H34O4. The highest BCUT2D eigenvalue weighted by Crippen LogP contribution is 2.25. The van der Waals surface area contributed by atoms with Crippen molar-refractivity contribution in [1.82, 2.24) is 0 Å². The number of unbranched alkanes of at least 4 members (excludes halogenated alkanes) is 7. The third kappa shape index (κ3) is 8.73. The van der Waals surface area contributed by atoms with Crippen molar-refractivity contribution in [2.75, 3.05) is 0 Å². The minimum absolute atomic E-state index is 0.242. The number of aromatic hydroxyl groups is 1. The standard InChI is InChI=1S/C26H34O4/c1-3-5-6-7-8-9-10-11-12-26(30-25(28)4-2)29-24-19-15-22(16-20-24)21-13-17-23(27)18-14-21/h4,13-20,26-27H,2-3,5-12H2,1H3. The van der Waals surface area contributed by atoms with Gasteiger partial charge in [-0.1, -0.05) is 82.7 Å². The number of phenolic OH excluding ortho intramolecular Hbond substituents is 1. The summed E-state index contributed by atoms with van der Waals surface area (Å²) in [5.74, 6) is 0.422. The first-order valence-electron chi connectivity index (χ1n) is 11.0. The molecule has 0 bridgehead atoms. The molecule has 4 heteroatoms. The first kappa shape index (κ1) is 23.5. The van der Waals surface area contributed by atoms with E-state index in [9.17, 15) is 9.90 Å². The van der Waals surface area contributed by atoms with Crippen LogP contribution in [0.4, 0.5) is 0 Å². The Morgan fingerprint density at radius 3 is 2.00 bits per heavy atom.